The Balaban J connectivity index is 2.78. The lowest BCUT2D eigenvalue weighted by atomic mass is 10.1. The molecule has 1 aromatic carbocycles. The quantitative estimate of drug-likeness (QED) is 0.562. The van der Waals surface area contributed by atoms with Crippen molar-refractivity contribution in [2.45, 2.75) is 0 Å². The molecule has 0 saturated carbocycles. The molecule has 0 aromatic heterocycles. The normalized spacial score (nSPS) is 14.6. The molecule has 0 bridgehead atoms. The van der Waals surface area contributed by atoms with E-state index < -0.39 is 0 Å². The van der Waals surface area contributed by atoms with Crippen molar-refractivity contribution in [3.63, 3.8) is 0 Å². The zero-order chi connectivity index (χ0) is 10.1. The van der Waals surface area contributed by atoms with Crippen LogP contribution in [0.3, 0.4) is 0 Å². The molecular weight excluding hydrogens is 178 g/mol. The minimum atomic E-state index is -0.127. The van der Waals surface area contributed by atoms with Gasteiger partial charge in [-0.25, -0.2) is 0 Å². The highest BCUT2D eigenvalue weighted by atomic mass is 16.3. The number of aldehydes is 1. The van der Waals surface area contributed by atoms with Gasteiger partial charge in [0.2, 0.25) is 0 Å². The summed E-state index contributed by atoms with van der Waals surface area (Å²) in [4.78, 5) is 10.5. The fraction of sp³-hybridized carbons (Fsp3) is 0. The molecule has 0 radical (unpaired) electrons. The second-order valence-corrected chi connectivity index (χ2v) is 3.06. The van der Waals surface area contributed by atoms with Crippen LogP contribution in [0.2, 0.25) is 0 Å². The van der Waals surface area contributed by atoms with E-state index in [-0.39, 0.29) is 5.75 Å². The number of benzene rings is 1. The number of hydrogen-bond donors (Lipinski definition) is 1. The zero-order valence-corrected chi connectivity index (χ0v) is 7.36. The third kappa shape index (κ3) is 1.10. The van der Waals surface area contributed by atoms with Crippen LogP contribution in [-0.2, 0) is 4.79 Å². The Hall–Kier alpha value is -2.03. The minimum absolute atomic E-state index is 0.127. The molecule has 70 valence electrons. The lowest BCUT2D eigenvalue weighted by Crippen LogP contribution is -2.19. The van der Waals surface area contributed by atoms with Crippen LogP contribution in [0, 0.1) is 0 Å². The third-order valence-corrected chi connectivity index (χ3v) is 2.21. The van der Waals surface area contributed by atoms with Gasteiger partial charge in [0.05, 0.1) is 0 Å². The molecule has 0 spiro atoms. The van der Waals surface area contributed by atoms with Crippen molar-refractivity contribution in [2.75, 3.05) is 0 Å². The summed E-state index contributed by atoms with van der Waals surface area (Å²) in [6.07, 6.45) is 5.27. The van der Waals surface area contributed by atoms with Crippen molar-refractivity contribution < 1.29 is 9.90 Å². The van der Waals surface area contributed by atoms with Crippen LogP contribution < -0.4 is 21.3 Å². The predicted molar refractivity (Wildman–Crippen MR) is 52.3 cm³/mol. The molecule has 0 fully saturated rings. The van der Waals surface area contributed by atoms with Crippen LogP contribution >= 0.6 is 0 Å². The van der Waals surface area contributed by atoms with Gasteiger partial charge in [-0.15, -0.1) is 0 Å². The Labute approximate surface area is 80.5 Å². The van der Waals surface area contributed by atoms with Crippen molar-refractivity contribution in [3.05, 3.63) is 33.7 Å². The number of nitrogens with two attached hydrogens (primary N) is 1. The molecule has 2 rings (SSSR count). The van der Waals surface area contributed by atoms with Gasteiger partial charge >= 0.3 is 0 Å². The Morgan fingerprint density at radius 1 is 1.29 bits per heavy atom. The van der Waals surface area contributed by atoms with Gasteiger partial charge in [-0.2, -0.15) is 0 Å². The van der Waals surface area contributed by atoms with Crippen molar-refractivity contribution in [2.24, 2.45) is 5.73 Å². The minimum Gasteiger partial charge on any atom is -0.872 e. The van der Waals surface area contributed by atoms with Crippen LogP contribution in [0.1, 0.15) is 5.56 Å². The highest BCUT2D eigenvalue weighted by molar-refractivity contribution is 5.96. The van der Waals surface area contributed by atoms with E-state index in [1.807, 2.05) is 0 Å². The maximum absolute atomic E-state index is 11.7. The van der Waals surface area contributed by atoms with Crippen LogP contribution in [0.15, 0.2) is 17.7 Å². The van der Waals surface area contributed by atoms with Gasteiger partial charge in [-0.3, -0.25) is 4.79 Å². The second-order valence-electron chi connectivity index (χ2n) is 3.06. The summed E-state index contributed by atoms with van der Waals surface area (Å²) >= 11 is 0. The summed E-state index contributed by atoms with van der Waals surface area (Å²) < 4.78 is 0. The molecule has 0 saturated heterocycles. The second kappa shape index (κ2) is 3.03. The molecule has 0 atom stereocenters. The first kappa shape index (κ1) is 8.56. The van der Waals surface area contributed by atoms with Crippen LogP contribution in [0.4, 0.5) is 0 Å². The third-order valence-electron chi connectivity index (χ3n) is 2.21. The van der Waals surface area contributed by atoms with Crippen LogP contribution in [-0.4, -0.2) is 6.29 Å². The van der Waals surface area contributed by atoms with E-state index in [0.29, 0.717) is 16.4 Å². The fourth-order valence-corrected chi connectivity index (χ4v) is 1.49. The molecule has 1 aromatic rings. The van der Waals surface area contributed by atoms with E-state index in [1.165, 1.54) is 6.20 Å². The van der Waals surface area contributed by atoms with Gasteiger partial charge in [-0.1, -0.05) is 17.9 Å². The summed E-state index contributed by atoms with van der Waals surface area (Å²) in [6.45, 7) is 0. The molecule has 0 amide bonds. The molecule has 1 aliphatic carbocycles. The maximum Gasteiger partial charge on any atom is 0.150 e. The van der Waals surface area contributed by atoms with E-state index in [2.05, 4.69) is 0 Å². The Morgan fingerprint density at radius 2 is 2.07 bits per heavy atom. The molecule has 1 aliphatic rings. The average Bonchev–Trinajstić information content (AvgIpc) is 2.62. The number of hydrogen-bond acceptors (Lipinski definition) is 3. The standard InChI is InChI=1S/C11H9NO2/c12-5-9-2-1-8-3-7(6-13)4-10(8)11(9)14/h1-6,14H,12H2/p-1. The monoisotopic (exact) mass is 186 g/mol. The van der Waals surface area contributed by atoms with Gasteiger partial charge in [0.15, 0.2) is 0 Å². The molecule has 2 N–H and O–H groups in total. The molecule has 14 heavy (non-hydrogen) atoms. The first-order valence-corrected chi connectivity index (χ1v) is 4.17. The van der Waals surface area contributed by atoms with E-state index in [4.69, 9.17) is 5.73 Å². The summed E-state index contributed by atoms with van der Waals surface area (Å²) in [5.74, 6) is -0.127. The molecular formula is C11H8NO2-. The van der Waals surface area contributed by atoms with E-state index in [9.17, 15) is 9.90 Å². The number of carbonyl (C=O) groups is 1. The van der Waals surface area contributed by atoms with Crippen molar-refractivity contribution in [3.8, 4) is 5.75 Å². The Kier molecular flexibility index (Phi) is 1.85. The van der Waals surface area contributed by atoms with Gasteiger partial charge in [-0.05, 0) is 28.2 Å². The number of fused-ring (bicyclic) bond motifs is 1. The summed E-state index contributed by atoms with van der Waals surface area (Å²) in [5.41, 5.74) is 6.35. The highest BCUT2D eigenvalue weighted by Crippen LogP contribution is 2.13. The fourth-order valence-electron chi connectivity index (χ4n) is 1.49. The number of allylic oxidation sites excluding steroid dienone is 1. The zero-order valence-electron chi connectivity index (χ0n) is 7.36. The highest BCUT2D eigenvalue weighted by Gasteiger charge is 2.04. The number of carbonyl (C=O) groups excluding carboxylic acids is 1. The van der Waals surface area contributed by atoms with Crippen LogP contribution in [0.25, 0.3) is 18.4 Å². The first-order chi connectivity index (χ1) is 6.76. The van der Waals surface area contributed by atoms with Crippen LogP contribution in [0.5, 0.6) is 5.75 Å². The maximum atomic E-state index is 11.7. The Morgan fingerprint density at radius 3 is 2.71 bits per heavy atom. The summed E-state index contributed by atoms with van der Waals surface area (Å²) in [5, 5.41) is 12.9. The largest absolute Gasteiger partial charge is 0.872 e. The predicted octanol–water partition coefficient (Wildman–Crippen LogP) is -1.17. The lowest BCUT2D eigenvalue weighted by molar-refractivity contribution is -0.270. The topological polar surface area (TPSA) is 66.2 Å². The Bertz CT molecular complexity index is 541. The SMILES string of the molecule is NC=c1ccc2c(c1[O-])C=C(C=O)C=2. The van der Waals surface area contributed by atoms with Gasteiger partial charge in [0.25, 0.3) is 0 Å². The lowest BCUT2D eigenvalue weighted by Gasteiger charge is -2.09. The summed E-state index contributed by atoms with van der Waals surface area (Å²) in [7, 11) is 0. The number of rotatable bonds is 1. The van der Waals surface area contributed by atoms with Gasteiger partial charge < -0.3 is 10.8 Å². The molecule has 0 unspecified atom stereocenters. The van der Waals surface area contributed by atoms with Crippen molar-refractivity contribution >= 4 is 24.6 Å². The van der Waals surface area contributed by atoms with Crippen molar-refractivity contribution in [1.82, 2.24) is 0 Å². The van der Waals surface area contributed by atoms with E-state index in [1.54, 1.807) is 24.3 Å². The molecule has 3 heteroatoms. The smallest absolute Gasteiger partial charge is 0.150 e. The molecule has 0 heterocycles. The average molecular weight is 186 g/mol. The van der Waals surface area contributed by atoms with Gasteiger partial charge in [0, 0.05) is 11.8 Å². The van der Waals surface area contributed by atoms with Crippen molar-refractivity contribution in [1.29, 1.82) is 0 Å². The molecule has 3 nitrogen and oxygen atoms in total. The molecule has 0 aliphatic heterocycles. The van der Waals surface area contributed by atoms with E-state index in [0.717, 1.165) is 11.5 Å². The van der Waals surface area contributed by atoms with E-state index >= 15 is 0 Å². The van der Waals surface area contributed by atoms with Gasteiger partial charge in [0.1, 0.15) is 6.29 Å². The summed E-state index contributed by atoms with van der Waals surface area (Å²) in [6, 6.07) is 3.43. The first-order valence-electron chi connectivity index (χ1n) is 4.17.